The molecular weight excluding hydrogens is 471 g/mol. The Morgan fingerprint density at radius 3 is 2.65 bits per heavy atom. The molecule has 1 saturated carbocycles. The molecule has 2 aliphatic rings. The maximum Gasteiger partial charge on any atom is 0.323 e. The summed E-state index contributed by atoms with van der Waals surface area (Å²) in [5, 5.41) is 20.0. The van der Waals surface area contributed by atoms with Crippen LogP contribution in [0.4, 0.5) is 20.6 Å². The van der Waals surface area contributed by atoms with Gasteiger partial charge in [0.1, 0.15) is 11.6 Å². The lowest BCUT2D eigenvalue weighted by Gasteiger charge is -2.22. The van der Waals surface area contributed by atoms with Crippen LogP contribution in [0.1, 0.15) is 42.7 Å². The molecule has 9 heteroatoms. The Morgan fingerprint density at radius 2 is 1.86 bits per heavy atom. The minimum absolute atomic E-state index is 0.109. The average molecular weight is 499 g/mol. The zero-order chi connectivity index (χ0) is 25.4. The van der Waals surface area contributed by atoms with Crippen LogP contribution >= 0.6 is 0 Å². The van der Waals surface area contributed by atoms with Crippen LogP contribution in [0.5, 0.6) is 5.75 Å². The van der Waals surface area contributed by atoms with E-state index in [1.165, 1.54) is 25.0 Å². The number of amides is 2. The van der Waals surface area contributed by atoms with Gasteiger partial charge >= 0.3 is 6.03 Å². The van der Waals surface area contributed by atoms with Gasteiger partial charge in [0.2, 0.25) is 0 Å². The van der Waals surface area contributed by atoms with E-state index in [1.807, 2.05) is 25.1 Å². The highest BCUT2D eigenvalue weighted by Gasteiger charge is 2.36. The molecule has 8 nitrogen and oxygen atoms in total. The second-order valence-electron chi connectivity index (χ2n) is 9.73. The van der Waals surface area contributed by atoms with E-state index < -0.39 is 11.8 Å². The molecule has 6 rings (SSSR count). The molecule has 4 aromatic rings. The van der Waals surface area contributed by atoms with E-state index in [1.54, 1.807) is 12.1 Å². The number of carbonyl (C=O) groups is 1. The summed E-state index contributed by atoms with van der Waals surface area (Å²) in [7, 11) is 0. The van der Waals surface area contributed by atoms with E-state index in [-0.39, 0.29) is 5.69 Å². The number of aryl methyl sites for hydroxylation is 1. The molecule has 188 valence electrons. The van der Waals surface area contributed by atoms with Crippen molar-refractivity contribution in [1.82, 2.24) is 20.6 Å². The van der Waals surface area contributed by atoms with Crippen LogP contribution in [0.3, 0.4) is 0 Å². The monoisotopic (exact) mass is 498 g/mol. The van der Waals surface area contributed by atoms with E-state index in [9.17, 15) is 9.18 Å². The summed E-state index contributed by atoms with van der Waals surface area (Å²) < 4.78 is 20.4. The second-order valence-corrected chi connectivity index (χ2v) is 9.73. The van der Waals surface area contributed by atoms with Crippen molar-refractivity contribution in [1.29, 1.82) is 0 Å². The Hall–Kier alpha value is -4.27. The third-order valence-electron chi connectivity index (χ3n) is 7.07. The standard InChI is InChI=1S/C28H27FN6O2/c1-16-8-11-20(27-32-34-35-33-27)21(13-16)18-14-22-19(17-9-10-17)5-4-12-37-26(22)25(15-18)31-28(36)30-24-7-3-2-6-23(24)29/h2-3,6-8,11,13-15,17,19H,4-5,9-10,12H2,1H3,(H2,30,31,36)(H,32,33,34,35). The van der Waals surface area contributed by atoms with Gasteiger partial charge in [-0.05, 0) is 90.3 Å². The Bertz CT molecular complexity index is 1450. The molecule has 1 unspecified atom stereocenters. The number of ether oxygens (including phenoxy) is 1. The molecule has 1 fully saturated rings. The van der Waals surface area contributed by atoms with Gasteiger partial charge in [-0.1, -0.05) is 35.9 Å². The van der Waals surface area contributed by atoms with Crippen LogP contribution in [0.2, 0.25) is 0 Å². The van der Waals surface area contributed by atoms with Crippen LogP contribution in [0.15, 0.2) is 54.6 Å². The number of hydrogen-bond acceptors (Lipinski definition) is 5. The summed E-state index contributed by atoms with van der Waals surface area (Å²) in [4.78, 5) is 13.0. The quantitative estimate of drug-likeness (QED) is 0.300. The summed E-state index contributed by atoms with van der Waals surface area (Å²) in [5.41, 5.74) is 5.57. The molecule has 2 amide bonds. The molecule has 0 radical (unpaired) electrons. The number of rotatable bonds is 5. The van der Waals surface area contributed by atoms with Crippen molar-refractivity contribution in [2.75, 3.05) is 17.2 Å². The molecule has 0 bridgehead atoms. The van der Waals surface area contributed by atoms with Crippen molar-refractivity contribution in [3.63, 3.8) is 0 Å². The van der Waals surface area contributed by atoms with Gasteiger partial charge in [0.25, 0.3) is 0 Å². The molecule has 0 spiro atoms. The van der Waals surface area contributed by atoms with Gasteiger partial charge in [-0.3, -0.25) is 0 Å². The Morgan fingerprint density at radius 1 is 1.03 bits per heavy atom. The number of anilines is 2. The van der Waals surface area contributed by atoms with Crippen LogP contribution in [0, 0.1) is 18.7 Å². The highest BCUT2D eigenvalue weighted by atomic mass is 19.1. The van der Waals surface area contributed by atoms with Crippen molar-refractivity contribution in [3.8, 4) is 28.3 Å². The number of urea groups is 1. The molecular formula is C28H27FN6O2. The average Bonchev–Trinajstić information content (AvgIpc) is 3.63. The van der Waals surface area contributed by atoms with E-state index >= 15 is 0 Å². The fourth-order valence-electron chi connectivity index (χ4n) is 5.17. The number of aromatic amines is 1. The number of benzene rings is 3. The number of H-pyrrole nitrogens is 1. The molecule has 37 heavy (non-hydrogen) atoms. The third kappa shape index (κ3) is 4.76. The van der Waals surface area contributed by atoms with Crippen molar-refractivity contribution in [2.24, 2.45) is 5.92 Å². The largest absolute Gasteiger partial charge is 0.491 e. The zero-order valence-electron chi connectivity index (χ0n) is 20.4. The maximum absolute atomic E-state index is 14.2. The number of para-hydroxylation sites is 1. The highest BCUT2D eigenvalue weighted by Crippen LogP contribution is 2.51. The van der Waals surface area contributed by atoms with Crippen molar-refractivity contribution in [2.45, 2.75) is 38.5 Å². The second kappa shape index (κ2) is 9.65. The number of tetrazole rings is 1. The molecule has 1 aromatic heterocycles. The first kappa shape index (κ1) is 23.1. The minimum atomic E-state index is -0.538. The SMILES string of the molecule is Cc1ccc(-c2nnn[nH]2)c(-c2cc(NC(=O)Nc3ccccc3F)c3c(c2)C(C2CC2)CCCO3)c1. The number of carbonyl (C=O) groups excluding carboxylic acids is 1. The fourth-order valence-corrected chi connectivity index (χ4v) is 5.17. The number of halogens is 1. The van der Waals surface area contributed by atoms with Crippen molar-refractivity contribution < 1.29 is 13.9 Å². The predicted octanol–water partition coefficient (Wildman–Crippen LogP) is 6.29. The topological polar surface area (TPSA) is 105 Å². The third-order valence-corrected chi connectivity index (χ3v) is 7.07. The Balaban J connectivity index is 1.46. The van der Waals surface area contributed by atoms with Gasteiger partial charge in [0.15, 0.2) is 5.82 Å². The summed E-state index contributed by atoms with van der Waals surface area (Å²) in [5.74, 6) is 1.73. The zero-order valence-corrected chi connectivity index (χ0v) is 20.4. The number of fused-ring (bicyclic) bond motifs is 1. The van der Waals surface area contributed by atoms with Crippen LogP contribution in [0.25, 0.3) is 22.5 Å². The summed E-state index contributed by atoms with van der Waals surface area (Å²) in [6.07, 6.45) is 4.38. The minimum Gasteiger partial charge on any atom is -0.491 e. The van der Waals surface area contributed by atoms with Gasteiger partial charge in [0, 0.05) is 11.1 Å². The van der Waals surface area contributed by atoms with Gasteiger partial charge in [-0.15, -0.1) is 5.10 Å². The molecule has 0 saturated heterocycles. The number of aromatic nitrogens is 4. The Labute approximate surface area is 213 Å². The highest BCUT2D eigenvalue weighted by molar-refractivity contribution is 6.01. The summed E-state index contributed by atoms with van der Waals surface area (Å²) in [6.45, 7) is 2.62. The number of nitrogens with zero attached hydrogens (tertiary/aromatic N) is 3. The Kier molecular flexibility index (Phi) is 6.04. The molecule has 3 N–H and O–H groups in total. The summed E-state index contributed by atoms with van der Waals surface area (Å²) in [6, 6.07) is 15.7. The molecule has 3 aromatic carbocycles. The first-order valence-electron chi connectivity index (χ1n) is 12.5. The maximum atomic E-state index is 14.2. The lowest BCUT2D eigenvalue weighted by molar-refractivity contribution is 0.261. The first-order chi connectivity index (χ1) is 18.1. The van der Waals surface area contributed by atoms with Gasteiger partial charge < -0.3 is 15.4 Å². The van der Waals surface area contributed by atoms with Gasteiger partial charge in [0.05, 0.1) is 18.0 Å². The first-order valence-corrected chi connectivity index (χ1v) is 12.5. The van der Waals surface area contributed by atoms with E-state index in [2.05, 4.69) is 43.4 Å². The van der Waals surface area contributed by atoms with Crippen LogP contribution in [-0.2, 0) is 0 Å². The number of hydrogen-bond donors (Lipinski definition) is 3. The normalized spacial score (nSPS) is 16.9. The van der Waals surface area contributed by atoms with Crippen LogP contribution < -0.4 is 15.4 Å². The molecule has 2 heterocycles. The van der Waals surface area contributed by atoms with E-state index in [0.29, 0.717) is 35.7 Å². The van der Waals surface area contributed by atoms with Crippen molar-refractivity contribution in [3.05, 3.63) is 71.5 Å². The lowest BCUT2D eigenvalue weighted by atomic mass is 9.86. The molecule has 1 aliphatic carbocycles. The van der Waals surface area contributed by atoms with Gasteiger partial charge in [-0.2, -0.15) is 0 Å². The van der Waals surface area contributed by atoms with E-state index in [4.69, 9.17) is 4.74 Å². The van der Waals surface area contributed by atoms with Crippen molar-refractivity contribution >= 4 is 17.4 Å². The van der Waals surface area contributed by atoms with Crippen LogP contribution in [-0.4, -0.2) is 33.3 Å². The summed E-state index contributed by atoms with van der Waals surface area (Å²) >= 11 is 0. The lowest BCUT2D eigenvalue weighted by Crippen LogP contribution is -2.21. The van der Waals surface area contributed by atoms with Gasteiger partial charge in [-0.25, -0.2) is 14.3 Å². The number of nitrogens with one attached hydrogen (secondary N) is 3. The van der Waals surface area contributed by atoms with E-state index in [0.717, 1.165) is 40.7 Å². The predicted molar refractivity (Wildman–Crippen MR) is 139 cm³/mol. The smallest absolute Gasteiger partial charge is 0.323 e. The molecule has 1 atom stereocenters. The fraction of sp³-hybridized carbons (Fsp3) is 0.286. The molecule has 1 aliphatic heterocycles.